The predicted molar refractivity (Wildman–Crippen MR) is 57.2 cm³/mol. The second kappa shape index (κ2) is 5.49. The van der Waals surface area contributed by atoms with Crippen molar-refractivity contribution in [3.8, 4) is 0 Å². The first-order valence-electron chi connectivity index (χ1n) is 4.62. The van der Waals surface area contributed by atoms with Crippen molar-refractivity contribution in [3.05, 3.63) is 35.4 Å². The second-order valence-electron chi connectivity index (χ2n) is 3.28. The summed E-state index contributed by atoms with van der Waals surface area (Å²) in [5.74, 6) is -2.77. The van der Waals surface area contributed by atoms with Crippen LogP contribution in [0.3, 0.4) is 0 Å². The molecule has 0 bridgehead atoms. The van der Waals surface area contributed by atoms with E-state index in [1.54, 1.807) is 0 Å². The van der Waals surface area contributed by atoms with E-state index < -0.39 is 31.6 Å². The van der Waals surface area contributed by atoms with Gasteiger partial charge in [-0.2, -0.15) is 0 Å². The standard InChI is InChI=1S/C10H11F2O4P/c1-15-17(2,14)16-6-10(13)7-3-4-8(11)9(12)5-7/h3-5H,6H2,1-2H3. The molecule has 0 aliphatic heterocycles. The average molecular weight is 264 g/mol. The zero-order chi connectivity index (χ0) is 13.1. The van der Waals surface area contributed by atoms with Crippen LogP contribution in [0.4, 0.5) is 8.78 Å². The van der Waals surface area contributed by atoms with E-state index in [2.05, 4.69) is 4.52 Å². The van der Waals surface area contributed by atoms with Crippen LogP contribution in [-0.2, 0) is 13.6 Å². The quantitative estimate of drug-likeness (QED) is 0.606. The summed E-state index contributed by atoms with van der Waals surface area (Å²) in [6.45, 7) is 0.679. The Morgan fingerprint density at radius 1 is 1.35 bits per heavy atom. The second-order valence-corrected chi connectivity index (χ2v) is 5.45. The molecule has 0 fully saturated rings. The molecular weight excluding hydrogens is 253 g/mol. The Morgan fingerprint density at radius 3 is 2.53 bits per heavy atom. The Kier molecular flexibility index (Phi) is 4.51. The monoisotopic (exact) mass is 264 g/mol. The number of carbonyl (C=O) groups excluding carboxylic acids is 1. The average Bonchev–Trinajstić information content (AvgIpc) is 2.30. The number of ketones is 1. The first kappa shape index (κ1) is 14.0. The molecule has 0 spiro atoms. The summed E-state index contributed by atoms with van der Waals surface area (Å²) < 4.78 is 46.0. The van der Waals surface area contributed by atoms with Crippen molar-refractivity contribution >= 4 is 13.4 Å². The largest absolute Gasteiger partial charge is 0.327 e. The van der Waals surface area contributed by atoms with E-state index in [1.807, 2.05) is 0 Å². The number of halogens is 2. The van der Waals surface area contributed by atoms with Gasteiger partial charge in [-0.05, 0) is 18.2 Å². The van der Waals surface area contributed by atoms with Crippen LogP contribution in [0.15, 0.2) is 18.2 Å². The minimum Gasteiger partial charge on any atom is -0.312 e. The summed E-state index contributed by atoms with van der Waals surface area (Å²) in [5.41, 5.74) is -0.0556. The molecule has 94 valence electrons. The molecule has 0 saturated carbocycles. The SMILES string of the molecule is COP(C)(=O)OCC(=O)c1ccc(F)c(F)c1. The molecule has 1 atom stereocenters. The Hall–Kier alpha value is -1.10. The fourth-order valence-electron chi connectivity index (χ4n) is 0.981. The normalized spacial score (nSPS) is 14.4. The lowest BCUT2D eigenvalue weighted by atomic mass is 10.1. The van der Waals surface area contributed by atoms with Gasteiger partial charge in [0.1, 0.15) is 6.61 Å². The highest BCUT2D eigenvalue weighted by Crippen LogP contribution is 2.42. The summed E-state index contributed by atoms with van der Waals surface area (Å²) in [7, 11) is -2.07. The molecule has 17 heavy (non-hydrogen) atoms. The summed E-state index contributed by atoms with van der Waals surface area (Å²) in [5, 5.41) is 0. The van der Waals surface area contributed by atoms with Gasteiger partial charge in [0.15, 0.2) is 17.4 Å². The van der Waals surface area contributed by atoms with Crippen LogP contribution < -0.4 is 0 Å². The molecule has 0 aliphatic carbocycles. The van der Waals surface area contributed by atoms with E-state index in [-0.39, 0.29) is 5.56 Å². The maximum Gasteiger partial charge on any atom is 0.327 e. The van der Waals surface area contributed by atoms with Crippen molar-refractivity contribution in [1.82, 2.24) is 0 Å². The molecule has 0 aromatic heterocycles. The van der Waals surface area contributed by atoms with Gasteiger partial charge in [0, 0.05) is 19.3 Å². The topological polar surface area (TPSA) is 52.6 Å². The number of rotatable bonds is 5. The van der Waals surface area contributed by atoms with Crippen LogP contribution in [-0.4, -0.2) is 26.2 Å². The molecule has 4 nitrogen and oxygen atoms in total. The summed E-state index contributed by atoms with van der Waals surface area (Å²) in [6.07, 6.45) is 0. The van der Waals surface area contributed by atoms with Crippen LogP contribution in [0.25, 0.3) is 0 Å². The van der Waals surface area contributed by atoms with Crippen molar-refractivity contribution in [3.63, 3.8) is 0 Å². The van der Waals surface area contributed by atoms with Gasteiger partial charge in [0.2, 0.25) is 0 Å². The minimum atomic E-state index is -3.26. The maximum absolute atomic E-state index is 12.8. The molecule has 1 rings (SSSR count). The molecule has 0 heterocycles. The molecular formula is C10H11F2O4P. The third kappa shape index (κ3) is 4.00. The molecule has 0 aliphatic rings. The molecule has 0 saturated heterocycles. The Morgan fingerprint density at radius 2 is 2.00 bits per heavy atom. The number of carbonyl (C=O) groups is 1. The highest BCUT2D eigenvalue weighted by atomic mass is 31.2. The number of benzene rings is 1. The smallest absolute Gasteiger partial charge is 0.312 e. The van der Waals surface area contributed by atoms with E-state index in [4.69, 9.17) is 4.52 Å². The fraction of sp³-hybridized carbons (Fsp3) is 0.300. The molecule has 0 amide bonds. The van der Waals surface area contributed by atoms with E-state index >= 15 is 0 Å². The van der Waals surface area contributed by atoms with Crippen LogP contribution in [0.5, 0.6) is 0 Å². The predicted octanol–water partition coefficient (Wildman–Crippen LogP) is 2.63. The van der Waals surface area contributed by atoms with Crippen LogP contribution in [0, 0.1) is 11.6 Å². The van der Waals surface area contributed by atoms with E-state index in [9.17, 15) is 18.1 Å². The molecule has 1 aromatic carbocycles. The lowest BCUT2D eigenvalue weighted by Crippen LogP contribution is -2.09. The maximum atomic E-state index is 12.8. The van der Waals surface area contributed by atoms with Gasteiger partial charge in [0.05, 0.1) is 0 Å². The van der Waals surface area contributed by atoms with E-state index in [1.165, 1.54) is 13.8 Å². The third-order valence-electron chi connectivity index (χ3n) is 2.00. The zero-order valence-electron chi connectivity index (χ0n) is 9.28. The first-order valence-corrected chi connectivity index (χ1v) is 6.61. The van der Waals surface area contributed by atoms with E-state index in [0.29, 0.717) is 0 Å². The molecule has 1 aromatic rings. The number of hydrogen-bond donors (Lipinski definition) is 0. The van der Waals surface area contributed by atoms with Gasteiger partial charge in [-0.15, -0.1) is 0 Å². The lowest BCUT2D eigenvalue weighted by molar-refractivity contribution is 0.0906. The van der Waals surface area contributed by atoms with Crippen molar-refractivity contribution in [2.24, 2.45) is 0 Å². The Balaban J connectivity index is 2.71. The van der Waals surface area contributed by atoms with Crippen LogP contribution in [0.1, 0.15) is 10.4 Å². The Labute approximate surface area is 97.1 Å². The molecule has 0 N–H and O–H groups in total. The van der Waals surface area contributed by atoms with Gasteiger partial charge in [0.25, 0.3) is 0 Å². The minimum absolute atomic E-state index is 0.0556. The van der Waals surface area contributed by atoms with Crippen LogP contribution in [0.2, 0.25) is 0 Å². The summed E-state index contributed by atoms with van der Waals surface area (Å²) >= 11 is 0. The first-order chi connectivity index (χ1) is 7.85. The highest BCUT2D eigenvalue weighted by Gasteiger charge is 2.18. The third-order valence-corrected chi connectivity index (χ3v) is 3.26. The number of hydrogen-bond acceptors (Lipinski definition) is 4. The summed E-state index contributed by atoms with van der Waals surface area (Å²) in [6, 6.07) is 2.72. The Bertz CT molecular complexity index is 475. The fourth-order valence-corrected chi connectivity index (χ4v) is 1.44. The molecule has 1 unspecified atom stereocenters. The zero-order valence-corrected chi connectivity index (χ0v) is 10.2. The van der Waals surface area contributed by atoms with E-state index in [0.717, 1.165) is 18.2 Å². The van der Waals surface area contributed by atoms with Gasteiger partial charge in [-0.25, -0.2) is 8.78 Å². The molecule has 7 heteroatoms. The van der Waals surface area contributed by atoms with Crippen molar-refractivity contribution in [2.75, 3.05) is 20.4 Å². The summed E-state index contributed by atoms with van der Waals surface area (Å²) in [4.78, 5) is 11.5. The van der Waals surface area contributed by atoms with Gasteiger partial charge in [-0.1, -0.05) is 0 Å². The molecule has 0 radical (unpaired) electrons. The van der Waals surface area contributed by atoms with Gasteiger partial charge >= 0.3 is 7.60 Å². The van der Waals surface area contributed by atoms with Crippen LogP contribution >= 0.6 is 7.60 Å². The lowest BCUT2D eigenvalue weighted by Gasteiger charge is -2.10. The number of Topliss-reactive ketones (excluding diaryl/α,β-unsaturated/α-hetero) is 1. The van der Waals surface area contributed by atoms with Gasteiger partial charge in [-0.3, -0.25) is 9.36 Å². The van der Waals surface area contributed by atoms with Crippen molar-refractivity contribution < 1.29 is 27.2 Å². The van der Waals surface area contributed by atoms with Crippen molar-refractivity contribution in [2.45, 2.75) is 0 Å². The highest BCUT2D eigenvalue weighted by molar-refractivity contribution is 7.52. The van der Waals surface area contributed by atoms with Crippen molar-refractivity contribution in [1.29, 1.82) is 0 Å². The van der Waals surface area contributed by atoms with Gasteiger partial charge < -0.3 is 9.05 Å².